The van der Waals surface area contributed by atoms with Crippen molar-refractivity contribution in [2.45, 2.75) is 38.6 Å². The number of carbonyl (C=O) groups is 2. The summed E-state index contributed by atoms with van der Waals surface area (Å²) in [5.74, 6) is 2.74. The highest BCUT2D eigenvalue weighted by Gasteiger charge is 2.20. The van der Waals surface area contributed by atoms with E-state index < -0.39 is 0 Å². The predicted molar refractivity (Wildman–Crippen MR) is 117 cm³/mol. The van der Waals surface area contributed by atoms with Gasteiger partial charge in [-0.15, -0.1) is 0 Å². The van der Waals surface area contributed by atoms with Crippen LogP contribution in [0.2, 0.25) is 0 Å². The topological polar surface area (TPSA) is 91.6 Å². The summed E-state index contributed by atoms with van der Waals surface area (Å²) in [5, 5.41) is 3.52. The Kier molecular flexibility index (Phi) is 7.36. The molecule has 3 heterocycles. The molecular formula is C21H29N5O3S. The van der Waals surface area contributed by atoms with E-state index in [-0.39, 0.29) is 11.8 Å². The summed E-state index contributed by atoms with van der Waals surface area (Å²) in [5.41, 5.74) is 0.893. The van der Waals surface area contributed by atoms with E-state index in [4.69, 9.17) is 4.42 Å². The lowest BCUT2D eigenvalue weighted by molar-refractivity contribution is -0.129. The maximum Gasteiger partial charge on any atom is 0.287 e. The van der Waals surface area contributed by atoms with Crippen LogP contribution in [0.5, 0.6) is 0 Å². The Morgan fingerprint density at radius 1 is 1.20 bits per heavy atom. The molecule has 2 amide bonds. The van der Waals surface area contributed by atoms with Crippen LogP contribution in [0.4, 0.5) is 5.82 Å². The largest absolute Gasteiger partial charge is 0.455 e. The molecule has 0 unspecified atom stereocenters. The zero-order valence-electron chi connectivity index (χ0n) is 18.0. The highest BCUT2D eigenvalue weighted by atomic mass is 32.2. The highest BCUT2D eigenvalue weighted by Crippen LogP contribution is 2.24. The van der Waals surface area contributed by atoms with Crippen LogP contribution in [-0.2, 0) is 10.5 Å². The fourth-order valence-corrected chi connectivity index (χ4v) is 3.89. The molecule has 0 atom stereocenters. The number of piperazine rings is 1. The van der Waals surface area contributed by atoms with Crippen molar-refractivity contribution in [1.29, 1.82) is 0 Å². The number of thioether (sulfide) groups is 1. The van der Waals surface area contributed by atoms with Crippen LogP contribution in [0.1, 0.15) is 42.8 Å². The van der Waals surface area contributed by atoms with Crippen LogP contribution in [0, 0.1) is 12.8 Å². The van der Waals surface area contributed by atoms with Crippen LogP contribution in [0.25, 0.3) is 0 Å². The number of amides is 2. The van der Waals surface area contributed by atoms with Crippen molar-refractivity contribution in [2.24, 2.45) is 5.92 Å². The Labute approximate surface area is 181 Å². The number of hydrogen-bond donors (Lipinski definition) is 1. The Morgan fingerprint density at radius 2 is 1.93 bits per heavy atom. The maximum absolute atomic E-state index is 12.1. The number of rotatable bonds is 7. The third-order valence-electron chi connectivity index (χ3n) is 4.77. The lowest BCUT2D eigenvalue weighted by Crippen LogP contribution is -2.48. The van der Waals surface area contributed by atoms with Gasteiger partial charge in [0.05, 0.1) is 5.75 Å². The minimum absolute atomic E-state index is 0.112. The molecule has 1 fully saturated rings. The average molecular weight is 432 g/mol. The molecule has 1 N–H and O–H groups in total. The van der Waals surface area contributed by atoms with Gasteiger partial charge in [-0.2, -0.15) is 0 Å². The zero-order chi connectivity index (χ0) is 21.7. The molecule has 162 valence electrons. The molecule has 0 aromatic carbocycles. The van der Waals surface area contributed by atoms with Crippen molar-refractivity contribution in [3.05, 3.63) is 35.4 Å². The number of nitrogens with one attached hydrogen (secondary N) is 1. The average Bonchev–Trinajstić information content (AvgIpc) is 3.19. The number of furan rings is 1. The first-order valence-corrected chi connectivity index (χ1v) is 11.2. The molecule has 0 spiro atoms. The van der Waals surface area contributed by atoms with E-state index in [1.807, 2.05) is 37.8 Å². The molecular weight excluding hydrogens is 402 g/mol. The van der Waals surface area contributed by atoms with Gasteiger partial charge in [-0.05, 0) is 25.0 Å². The van der Waals surface area contributed by atoms with Crippen LogP contribution >= 0.6 is 11.8 Å². The number of aromatic nitrogens is 2. The van der Waals surface area contributed by atoms with Crippen LogP contribution in [0.15, 0.2) is 27.8 Å². The minimum atomic E-state index is -0.196. The number of carbonyl (C=O) groups excluding carboxylic acids is 2. The molecule has 2 aromatic rings. The van der Waals surface area contributed by atoms with E-state index in [0.717, 1.165) is 24.6 Å². The van der Waals surface area contributed by atoms with Gasteiger partial charge < -0.3 is 19.5 Å². The summed E-state index contributed by atoms with van der Waals surface area (Å²) in [6, 6.07) is 5.48. The van der Waals surface area contributed by atoms with E-state index in [9.17, 15) is 9.59 Å². The van der Waals surface area contributed by atoms with Gasteiger partial charge in [-0.3, -0.25) is 9.59 Å². The second-order valence-corrected chi connectivity index (χ2v) is 8.74. The molecule has 30 heavy (non-hydrogen) atoms. The maximum atomic E-state index is 12.1. The minimum Gasteiger partial charge on any atom is -0.455 e. The van der Waals surface area contributed by atoms with E-state index in [2.05, 4.69) is 20.2 Å². The van der Waals surface area contributed by atoms with E-state index >= 15 is 0 Å². The van der Waals surface area contributed by atoms with Gasteiger partial charge in [0.25, 0.3) is 5.91 Å². The quantitative estimate of drug-likeness (QED) is 0.532. The van der Waals surface area contributed by atoms with Gasteiger partial charge in [0.1, 0.15) is 11.6 Å². The number of anilines is 1. The van der Waals surface area contributed by atoms with Crippen LogP contribution < -0.4 is 10.2 Å². The smallest absolute Gasteiger partial charge is 0.287 e. The normalized spacial score (nSPS) is 14.3. The van der Waals surface area contributed by atoms with Gasteiger partial charge in [-0.1, -0.05) is 25.6 Å². The second-order valence-electron chi connectivity index (χ2n) is 7.80. The Balaban J connectivity index is 1.59. The summed E-state index contributed by atoms with van der Waals surface area (Å²) >= 11 is 1.48. The summed E-state index contributed by atoms with van der Waals surface area (Å²) in [6.45, 7) is 11.2. The SMILES string of the molecule is CC(=O)N1CCN(c2cc(C)nc(SCc3ccc(C(=O)NCC(C)C)o3)n2)CC1. The number of nitrogens with zero attached hydrogens (tertiary/aromatic N) is 4. The van der Waals surface area contributed by atoms with E-state index in [1.165, 1.54) is 11.8 Å². The Bertz CT molecular complexity index is 891. The molecule has 3 rings (SSSR count). The molecule has 0 radical (unpaired) electrons. The van der Waals surface area contributed by atoms with Crippen molar-refractivity contribution in [3.63, 3.8) is 0 Å². The van der Waals surface area contributed by atoms with Crippen LogP contribution in [0.3, 0.4) is 0 Å². The monoisotopic (exact) mass is 431 g/mol. The lowest BCUT2D eigenvalue weighted by Gasteiger charge is -2.35. The first kappa shape index (κ1) is 22.1. The Morgan fingerprint density at radius 3 is 2.60 bits per heavy atom. The second kappa shape index (κ2) is 9.97. The van der Waals surface area contributed by atoms with Crippen molar-refractivity contribution >= 4 is 29.4 Å². The van der Waals surface area contributed by atoms with Gasteiger partial charge in [0.2, 0.25) is 5.91 Å². The van der Waals surface area contributed by atoms with Crippen molar-refractivity contribution in [2.75, 3.05) is 37.6 Å². The molecule has 0 saturated carbocycles. The van der Waals surface area contributed by atoms with Crippen LogP contribution in [-0.4, -0.2) is 59.4 Å². The fraction of sp³-hybridized carbons (Fsp3) is 0.524. The van der Waals surface area contributed by atoms with Crippen molar-refractivity contribution in [1.82, 2.24) is 20.2 Å². The Hall–Kier alpha value is -2.55. The van der Waals surface area contributed by atoms with Gasteiger partial charge >= 0.3 is 0 Å². The highest BCUT2D eigenvalue weighted by molar-refractivity contribution is 7.98. The summed E-state index contributed by atoms with van der Waals surface area (Å²) in [6.07, 6.45) is 0. The van der Waals surface area contributed by atoms with Gasteiger partial charge in [0, 0.05) is 51.4 Å². The first-order valence-electron chi connectivity index (χ1n) is 10.2. The number of aryl methyl sites for hydroxylation is 1. The molecule has 8 nitrogen and oxygen atoms in total. The molecule has 0 bridgehead atoms. The summed E-state index contributed by atoms with van der Waals surface area (Å²) in [7, 11) is 0. The molecule has 1 saturated heterocycles. The molecule has 1 aliphatic rings. The third-order valence-corrected chi connectivity index (χ3v) is 5.64. The standard InChI is InChI=1S/C21H29N5O3S/c1-14(2)12-22-20(28)18-6-5-17(29-18)13-30-21-23-15(3)11-19(24-21)26-9-7-25(8-10-26)16(4)27/h5-6,11,14H,7-10,12-13H2,1-4H3,(H,22,28). The third kappa shape index (κ3) is 5.98. The molecule has 0 aliphatic carbocycles. The molecule has 9 heteroatoms. The van der Waals surface area contributed by atoms with Gasteiger partial charge in [-0.25, -0.2) is 9.97 Å². The lowest BCUT2D eigenvalue weighted by atomic mass is 10.2. The zero-order valence-corrected chi connectivity index (χ0v) is 18.8. The summed E-state index contributed by atoms with van der Waals surface area (Å²) in [4.78, 5) is 36.9. The first-order chi connectivity index (χ1) is 14.3. The van der Waals surface area contributed by atoms with Crippen molar-refractivity contribution in [3.8, 4) is 0 Å². The molecule has 2 aromatic heterocycles. The van der Waals surface area contributed by atoms with E-state index in [1.54, 1.807) is 13.0 Å². The molecule has 1 aliphatic heterocycles. The van der Waals surface area contributed by atoms with E-state index in [0.29, 0.717) is 48.0 Å². The predicted octanol–water partition coefficient (Wildman–Crippen LogP) is 2.72. The summed E-state index contributed by atoms with van der Waals surface area (Å²) < 4.78 is 5.67. The van der Waals surface area contributed by atoms with Crippen molar-refractivity contribution < 1.29 is 14.0 Å². The fourth-order valence-electron chi connectivity index (χ4n) is 3.10. The van der Waals surface area contributed by atoms with Gasteiger partial charge in [0.15, 0.2) is 10.9 Å². The number of hydrogen-bond acceptors (Lipinski definition) is 7.